The van der Waals surface area contributed by atoms with Crippen LogP contribution in [0.2, 0.25) is 0 Å². The lowest BCUT2D eigenvalue weighted by atomic mass is 9.87. The van der Waals surface area contributed by atoms with Gasteiger partial charge in [0.05, 0.1) is 17.9 Å². The van der Waals surface area contributed by atoms with Crippen LogP contribution in [0, 0.1) is 5.41 Å². The zero-order chi connectivity index (χ0) is 15.6. The molecule has 0 aromatic carbocycles. The van der Waals surface area contributed by atoms with E-state index in [1.54, 1.807) is 6.20 Å². The standard InChI is InChI=1S/C14H23N5O2/c1-14(2,3)12(15)13(21)18-10-6-16-19(7-10)8-11(20)17-9-4-5-9/h6-7,9,12H,4-5,8,15H2,1-3H3,(H,17,20)(H,18,21). The zero-order valence-electron chi connectivity index (χ0n) is 12.7. The van der Waals surface area contributed by atoms with Crippen LogP contribution in [0.25, 0.3) is 0 Å². The predicted molar refractivity (Wildman–Crippen MR) is 79.5 cm³/mol. The Bertz CT molecular complexity index is 528. The number of aromatic nitrogens is 2. The second-order valence-corrected chi connectivity index (χ2v) is 6.60. The predicted octanol–water partition coefficient (Wildman–Crippen LogP) is 0.474. The summed E-state index contributed by atoms with van der Waals surface area (Å²) in [5.41, 5.74) is 6.11. The Morgan fingerprint density at radius 2 is 2.14 bits per heavy atom. The number of nitrogens with one attached hydrogen (secondary N) is 2. The van der Waals surface area contributed by atoms with Crippen molar-refractivity contribution in [1.82, 2.24) is 15.1 Å². The molecule has 0 aliphatic heterocycles. The fourth-order valence-electron chi connectivity index (χ4n) is 1.78. The summed E-state index contributed by atoms with van der Waals surface area (Å²) in [6.07, 6.45) is 5.24. The molecule has 2 amide bonds. The van der Waals surface area contributed by atoms with E-state index in [9.17, 15) is 9.59 Å². The maximum Gasteiger partial charge on any atom is 0.241 e. The molecule has 0 spiro atoms. The van der Waals surface area contributed by atoms with Crippen LogP contribution >= 0.6 is 0 Å². The van der Waals surface area contributed by atoms with Crippen LogP contribution in [0.4, 0.5) is 5.69 Å². The monoisotopic (exact) mass is 293 g/mol. The van der Waals surface area contributed by atoms with Crippen molar-refractivity contribution >= 4 is 17.5 Å². The first kappa shape index (κ1) is 15.5. The van der Waals surface area contributed by atoms with Crippen molar-refractivity contribution in [1.29, 1.82) is 0 Å². The fourth-order valence-corrected chi connectivity index (χ4v) is 1.78. The normalized spacial score (nSPS) is 16.4. The lowest BCUT2D eigenvalue weighted by molar-refractivity contribution is -0.122. The number of hydrogen-bond donors (Lipinski definition) is 3. The van der Waals surface area contributed by atoms with Gasteiger partial charge < -0.3 is 16.4 Å². The average molecular weight is 293 g/mol. The Kier molecular flexibility index (Phi) is 4.32. The fraction of sp³-hybridized carbons (Fsp3) is 0.643. The minimum Gasteiger partial charge on any atom is -0.352 e. The Balaban J connectivity index is 1.87. The van der Waals surface area contributed by atoms with Crippen LogP contribution in [-0.4, -0.2) is 33.7 Å². The minimum absolute atomic E-state index is 0.0649. The molecule has 1 aromatic rings. The summed E-state index contributed by atoms with van der Waals surface area (Å²) in [7, 11) is 0. The highest BCUT2D eigenvalue weighted by atomic mass is 16.2. The first-order chi connectivity index (χ1) is 9.75. The Morgan fingerprint density at radius 3 is 2.71 bits per heavy atom. The van der Waals surface area contributed by atoms with E-state index in [1.807, 2.05) is 20.8 Å². The molecule has 1 atom stereocenters. The van der Waals surface area contributed by atoms with E-state index >= 15 is 0 Å². The molecule has 1 heterocycles. The van der Waals surface area contributed by atoms with Crippen LogP contribution in [0.1, 0.15) is 33.6 Å². The number of nitrogens with two attached hydrogens (primary N) is 1. The van der Waals surface area contributed by atoms with Gasteiger partial charge in [-0.3, -0.25) is 14.3 Å². The van der Waals surface area contributed by atoms with Crippen molar-refractivity contribution in [2.75, 3.05) is 5.32 Å². The molecule has 0 saturated heterocycles. The molecule has 116 valence electrons. The van der Waals surface area contributed by atoms with E-state index in [0.29, 0.717) is 11.7 Å². The van der Waals surface area contributed by atoms with E-state index in [0.717, 1.165) is 12.8 Å². The molecule has 1 fully saturated rings. The number of rotatable bonds is 5. The van der Waals surface area contributed by atoms with Gasteiger partial charge in [0, 0.05) is 12.2 Å². The number of anilines is 1. The molecule has 1 aliphatic rings. The third-order valence-corrected chi connectivity index (χ3v) is 3.36. The molecule has 21 heavy (non-hydrogen) atoms. The van der Waals surface area contributed by atoms with E-state index in [2.05, 4.69) is 15.7 Å². The summed E-state index contributed by atoms with van der Waals surface area (Å²) >= 11 is 0. The molecule has 7 nitrogen and oxygen atoms in total. The molecule has 0 radical (unpaired) electrons. The van der Waals surface area contributed by atoms with Crippen molar-refractivity contribution in [3.63, 3.8) is 0 Å². The van der Waals surface area contributed by atoms with Gasteiger partial charge in [0.1, 0.15) is 6.54 Å². The molecule has 1 aromatic heterocycles. The summed E-state index contributed by atoms with van der Waals surface area (Å²) in [5, 5.41) is 9.66. The summed E-state index contributed by atoms with van der Waals surface area (Å²) in [5.74, 6) is -0.325. The van der Waals surface area contributed by atoms with Crippen molar-refractivity contribution in [2.24, 2.45) is 11.1 Å². The van der Waals surface area contributed by atoms with Gasteiger partial charge in [-0.05, 0) is 18.3 Å². The highest BCUT2D eigenvalue weighted by Crippen LogP contribution is 2.19. The van der Waals surface area contributed by atoms with Gasteiger partial charge in [0.2, 0.25) is 11.8 Å². The van der Waals surface area contributed by atoms with Gasteiger partial charge in [-0.25, -0.2) is 0 Å². The van der Waals surface area contributed by atoms with E-state index in [-0.39, 0.29) is 23.8 Å². The summed E-state index contributed by atoms with van der Waals surface area (Å²) < 4.78 is 1.50. The maximum absolute atomic E-state index is 12.0. The molecule has 1 aliphatic carbocycles. The van der Waals surface area contributed by atoms with E-state index < -0.39 is 6.04 Å². The number of carbonyl (C=O) groups excluding carboxylic acids is 2. The molecule has 0 bridgehead atoms. The highest BCUT2D eigenvalue weighted by molar-refractivity contribution is 5.95. The lowest BCUT2D eigenvalue weighted by Gasteiger charge is -2.25. The third kappa shape index (κ3) is 4.56. The molecular weight excluding hydrogens is 270 g/mol. The molecule has 7 heteroatoms. The summed E-state index contributed by atoms with van der Waals surface area (Å²) in [6.45, 7) is 5.87. The number of hydrogen-bond acceptors (Lipinski definition) is 4. The van der Waals surface area contributed by atoms with Crippen LogP contribution in [0.3, 0.4) is 0 Å². The van der Waals surface area contributed by atoms with Crippen molar-refractivity contribution < 1.29 is 9.59 Å². The van der Waals surface area contributed by atoms with Gasteiger partial charge in [-0.1, -0.05) is 20.8 Å². The maximum atomic E-state index is 12.0. The number of nitrogens with zero attached hydrogens (tertiary/aromatic N) is 2. The van der Waals surface area contributed by atoms with Crippen LogP contribution in [0.5, 0.6) is 0 Å². The van der Waals surface area contributed by atoms with Crippen molar-refractivity contribution in [3.8, 4) is 0 Å². The SMILES string of the molecule is CC(C)(C)C(N)C(=O)Nc1cnn(CC(=O)NC2CC2)c1. The number of amides is 2. The highest BCUT2D eigenvalue weighted by Gasteiger charge is 2.27. The molecule has 1 saturated carbocycles. The molecular formula is C14H23N5O2. The summed E-state index contributed by atoms with van der Waals surface area (Å²) in [4.78, 5) is 23.6. The second kappa shape index (κ2) is 5.85. The zero-order valence-corrected chi connectivity index (χ0v) is 12.7. The van der Waals surface area contributed by atoms with Crippen LogP contribution in [-0.2, 0) is 16.1 Å². The molecule has 2 rings (SSSR count). The minimum atomic E-state index is -0.612. The lowest BCUT2D eigenvalue weighted by Crippen LogP contribution is -2.45. The molecule has 1 unspecified atom stereocenters. The van der Waals surface area contributed by atoms with Gasteiger partial charge in [0.25, 0.3) is 0 Å². The van der Waals surface area contributed by atoms with Gasteiger partial charge in [0.15, 0.2) is 0 Å². The Morgan fingerprint density at radius 1 is 1.48 bits per heavy atom. The third-order valence-electron chi connectivity index (χ3n) is 3.36. The van der Waals surface area contributed by atoms with Crippen LogP contribution in [0.15, 0.2) is 12.4 Å². The Hall–Kier alpha value is -1.89. The second-order valence-electron chi connectivity index (χ2n) is 6.60. The Labute approximate surface area is 124 Å². The first-order valence-corrected chi connectivity index (χ1v) is 7.14. The quantitative estimate of drug-likeness (QED) is 0.734. The number of carbonyl (C=O) groups is 2. The van der Waals surface area contributed by atoms with Crippen molar-refractivity contribution in [2.45, 2.75) is 52.2 Å². The van der Waals surface area contributed by atoms with E-state index in [4.69, 9.17) is 5.73 Å². The largest absolute Gasteiger partial charge is 0.352 e. The molecule has 4 N–H and O–H groups in total. The smallest absolute Gasteiger partial charge is 0.241 e. The van der Waals surface area contributed by atoms with Crippen LogP contribution < -0.4 is 16.4 Å². The van der Waals surface area contributed by atoms with E-state index in [1.165, 1.54) is 10.9 Å². The first-order valence-electron chi connectivity index (χ1n) is 7.14. The van der Waals surface area contributed by atoms with Gasteiger partial charge in [-0.15, -0.1) is 0 Å². The van der Waals surface area contributed by atoms with Gasteiger partial charge in [-0.2, -0.15) is 5.10 Å². The average Bonchev–Trinajstić information content (AvgIpc) is 3.07. The van der Waals surface area contributed by atoms with Crippen molar-refractivity contribution in [3.05, 3.63) is 12.4 Å². The summed E-state index contributed by atoms with van der Waals surface area (Å²) in [6, 6.07) is -0.281. The topological polar surface area (TPSA) is 102 Å². The van der Waals surface area contributed by atoms with Gasteiger partial charge >= 0.3 is 0 Å².